The van der Waals surface area contributed by atoms with E-state index in [1.54, 1.807) is 0 Å². The molecule has 1 aliphatic carbocycles. The minimum atomic E-state index is 0.646. The van der Waals surface area contributed by atoms with E-state index in [0.29, 0.717) is 6.04 Å². The Kier molecular flexibility index (Phi) is 3.05. The maximum Gasteiger partial charge on any atom is 0.113 e. The summed E-state index contributed by atoms with van der Waals surface area (Å²) >= 11 is 0. The van der Waals surface area contributed by atoms with Crippen LogP contribution in [0.25, 0.3) is 0 Å². The summed E-state index contributed by atoms with van der Waals surface area (Å²) in [6.07, 6.45) is 10.1. The van der Waals surface area contributed by atoms with Gasteiger partial charge in [-0.25, -0.2) is 4.98 Å². The van der Waals surface area contributed by atoms with Gasteiger partial charge in [0.25, 0.3) is 0 Å². The second kappa shape index (κ2) is 4.84. The van der Waals surface area contributed by atoms with Crippen LogP contribution in [-0.2, 0) is 6.42 Å². The number of hydrogen-bond acceptors (Lipinski definition) is 2. The molecule has 0 radical (unpaired) electrons. The van der Waals surface area contributed by atoms with E-state index < -0.39 is 0 Å². The molecule has 1 aromatic heterocycles. The quantitative estimate of drug-likeness (QED) is 0.839. The minimum Gasteiger partial charge on any atom is -0.398 e. The van der Waals surface area contributed by atoms with Crippen LogP contribution in [0.15, 0.2) is 36.7 Å². The monoisotopic (exact) mass is 241 g/mol. The topological polar surface area (TPSA) is 43.8 Å². The Hall–Kier alpha value is -1.77. The standard InChI is InChI=1S/C15H19N3/c16-14-8-4-1-5-12(14)11-15-17-9-10-18(15)13-6-2-3-7-13/h1,4-5,8-10,13H,2-3,6-7,11,16H2. The molecule has 1 aromatic carbocycles. The minimum absolute atomic E-state index is 0.646. The molecule has 2 aromatic rings. The molecular weight excluding hydrogens is 222 g/mol. The number of para-hydroxylation sites is 1. The molecule has 3 nitrogen and oxygen atoms in total. The van der Waals surface area contributed by atoms with Crippen molar-refractivity contribution >= 4 is 5.69 Å². The normalized spacial score (nSPS) is 16.2. The molecular formula is C15H19N3. The lowest BCUT2D eigenvalue weighted by Gasteiger charge is -2.15. The number of nitrogens with two attached hydrogens (primary N) is 1. The molecule has 0 saturated heterocycles. The third-order valence-electron chi connectivity index (χ3n) is 3.87. The van der Waals surface area contributed by atoms with Crippen LogP contribution in [-0.4, -0.2) is 9.55 Å². The van der Waals surface area contributed by atoms with Crippen LogP contribution in [0.4, 0.5) is 5.69 Å². The number of nitrogens with zero attached hydrogens (tertiary/aromatic N) is 2. The van der Waals surface area contributed by atoms with Gasteiger partial charge in [-0.3, -0.25) is 0 Å². The molecule has 0 bridgehead atoms. The van der Waals surface area contributed by atoms with Crippen molar-refractivity contribution in [3.63, 3.8) is 0 Å². The largest absolute Gasteiger partial charge is 0.398 e. The second-order valence-electron chi connectivity index (χ2n) is 5.06. The lowest BCUT2D eigenvalue weighted by Crippen LogP contribution is -2.09. The first-order valence-electron chi connectivity index (χ1n) is 6.69. The lowest BCUT2D eigenvalue weighted by atomic mass is 10.1. The van der Waals surface area contributed by atoms with Crippen molar-refractivity contribution in [2.24, 2.45) is 0 Å². The number of nitrogen functional groups attached to an aromatic ring is 1. The van der Waals surface area contributed by atoms with E-state index in [0.717, 1.165) is 17.9 Å². The van der Waals surface area contributed by atoms with Crippen molar-refractivity contribution in [2.45, 2.75) is 38.1 Å². The maximum absolute atomic E-state index is 6.00. The van der Waals surface area contributed by atoms with Crippen LogP contribution >= 0.6 is 0 Å². The summed E-state index contributed by atoms with van der Waals surface area (Å²) in [5.41, 5.74) is 8.03. The fourth-order valence-corrected chi connectivity index (χ4v) is 2.86. The Morgan fingerprint density at radius 2 is 2.00 bits per heavy atom. The van der Waals surface area contributed by atoms with Crippen LogP contribution in [0.1, 0.15) is 43.1 Å². The Morgan fingerprint density at radius 1 is 1.22 bits per heavy atom. The summed E-state index contributed by atoms with van der Waals surface area (Å²) < 4.78 is 2.35. The number of rotatable bonds is 3. The van der Waals surface area contributed by atoms with Crippen LogP contribution in [0, 0.1) is 0 Å². The molecule has 1 saturated carbocycles. The van der Waals surface area contributed by atoms with Gasteiger partial charge in [0.1, 0.15) is 5.82 Å². The molecule has 0 atom stereocenters. The molecule has 1 fully saturated rings. The lowest BCUT2D eigenvalue weighted by molar-refractivity contribution is 0.501. The number of hydrogen-bond donors (Lipinski definition) is 1. The Labute approximate surface area is 108 Å². The van der Waals surface area contributed by atoms with E-state index in [-0.39, 0.29) is 0 Å². The molecule has 94 valence electrons. The van der Waals surface area contributed by atoms with Gasteiger partial charge in [0.2, 0.25) is 0 Å². The van der Waals surface area contributed by atoms with Gasteiger partial charge in [-0.1, -0.05) is 31.0 Å². The van der Waals surface area contributed by atoms with Crippen molar-refractivity contribution in [1.82, 2.24) is 9.55 Å². The first-order chi connectivity index (χ1) is 8.84. The average molecular weight is 241 g/mol. The third kappa shape index (κ3) is 2.13. The van der Waals surface area contributed by atoms with Gasteiger partial charge < -0.3 is 10.3 Å². The van der Waals surface area contributed by atoms with E-state index >= 15 is 0 Å². The van der Waals surface area contributed by atoms with Crippen molar-refractivity contribution in [2.75, 3.05) is 5.73 Å². The number of benzene rings is 1. The average Bonchev–Trinajstić information content (AvgIpc) is 3.02. The van der Waals surface area contributed by atoms with Crippen LogP contribution < -0.4 is 5.73 Å². The fraction of sp³-hybridized carbons (Fsp3) is 0.400. The summed E-state index contributed by atoms with van der Waals surface area (Å²) in [6.45, 7) is 0. The predicted octanol–water partition coefficient (Wildman–Crippen LogP) is 3.17. The Bertz CT molecular complexity index is 524. The van der Waals surface area contributed by atoms with Crippen molar-refractivity contribution in [1.29, 1.82) is 0 Å². The molecule has 0 unspecified atom stereocenters. The molecule has 3 rings (SSSR count). The van der Waals surface area contributed by atoms with E-state index in [4.69, 9.17) is 5.73 Å². The van der Waals surface area contributed by atoms with Gasteiger partial charge in [0, 0.05) is 30.5 Å². The highest BCUT2D eigenvalue weighted by Gasteiger charge is 2.19. The van der Waals surface area contributed by atoms with Crippen molar-refractivity contribution < 1.29 is 0 Å². The SMILES string of the molecule is Nc1ccccc1Cc1nccn1C1CCCC1. The second-order valence-corrected chi connectivity index (χ2v) is 5.06. The summed E-state index contributed by atoms with van der Waals surface area (Å²) in [4.78, 5) is 4.50. The van der Waals surface area contributed by atoms with Gasteiger partial charge in [-0.15, -0.1) is 0 Å². The summed E-state index contributed by atoms with van der Waals surface area (Å²) in [5.74, 6) is 1.14. The smallest absolute Gasteiger partial charge is 0.113 e. The molecule has 0 amide bonds. The number of anilines is 1. The first kappa shape index (κ1) is 11.3. The molecule has 3 heteroatoms. The van der Waals surface area contributed by atoms with Crippen LogP contribution in [0.2, 0.25) is 0 Å². The summed E-state index contributed by atoms with van der Waals surface area (Å²) in [5, 5.41) is 0. The molecule has 0 aliphatic heterocycles. The Morgan fingerprint density at radius 3 is 2.78 bits per heavy atom. The molecule has 1 heterocycles. The van der Waals surface area contributed by atoms with Gasteiger partial charge >= 0.3 is 0 Å². The zero-order valence-corrected chi connectivity index (χ0v) is 10.5. The highest BCUT2D eigenvalue weighted by molar-refractivity contribution is 5.47. The third-order valence-corrected chi connectivity index (χ3v) is 3.87. The molecule has 1 aliphatic rings. The van der Waals surface area contributed by atoms with E-state index in [1.807, 2.05) is 24.4 Å². The Balaban J connectivity index is 1.85. The van der Waals surface area contributed by atoms with E-state index in [2.05, 4.69) is 21.8 Å². The van der Waals surface area contributed by atoms with Crippen molar-refractivity contribution in [3.8, 4) is 0 Å². The number of aromatic nitrogens is 2. The number of imidazole rings is 1. The fourth-order valence-electron chi connectivity index (χ4n) is 2.86. The van der Waals surface area contributed by atoms with Gasteiger partial charge in [-0.05, 0) is 24.5 Å². The van der Waals surface area contributed by atoms with Gasteiger partial charge in [0.05, 0.1) is 0 Å². The van der Waals surface area contributed by atoms with Gasteiger partial charge in [-0.2, -0.15) is 0 Å². The highest BCUT2D eigenvalue weighted by atomic mass is 15.1. The van der Waals surface area contributed by atoms with E-state index in [1.165, 1.54) is 31.2 Å². The zero-order valence-electron chi connectivity index (χ0n) is 10.5. The molecule has 2 N–H and O–H groups in total. The van der Waals surface area contributed by atoms with Gasteiger partial charge in [0.15, 0.2) is 0 Å². The maximum atomic E-state index is 6.00. The first-order valence-corrected chi connectivity index (χ1v) is 6.69. The highest BCUT2D eigenvalue weighted by Crippen LogP contribution is 2.30. The van der Waals surface area contributed by atoms with Crippen LogP contribution in [0.5, 0.6) is 0 Å². The molecule has 18 heavy (non-hydrogen) atoms. The predicted molar refractivity (Wildman–Crippen MR) is 73.4 cm³/mol. The van der Waals surface area contributed by atoms with E-state index in [9.17, 15) is 0 Å². The molecule has 0 spiro atoms. The zero-order chi connectivity index (χ0) is 12.4. The van der Waals surface area contributed by atoms with Crippen molar-refractivity contribution in [3.05, 3.63) is 48.0 Å². The van der Waals surface area contributed by atoms with Crippen LogP contribution in [0.3, 0.4) is 0 Å². The summed E-state index contributed by atoms with van der Waals surface area (Å²) in [7, 11) is 0. The summed E-state index contributed by atoms with van der Waals surface area (Å²) in [6, 6.07) is 8.70.